The summed E-state index contributed by atoms with van der Waals surface area (Å²) in [6, 6.07) is 13.9. The van der Waals surface area contributed by atoms with E-state index in [4.69, 9.17) is 0 Å². The number of aliphatic hydroxyl groups is 1. The van der Waals surface area contributed by atoms with Crippen LogP contribution in [0.5, 0.6) is 0 Å². The van der Waals surface area contributed by atoms with E-state index in [9.17, 15) is 23.1 Å². The molecule has 0 spiro atoms. The molecule has 0 saturated heterocycles. The Morgan fingerprint density at radius 2 is 1.75 bits per heavy atom. The minimum absolute atomic E-state index is 0.0512. The number of carbonyl (C=O) groups is 1. The van der Waals surface area contributed by atoms with Gasteiger partial charge in [-0.1, -0.05) is 60.2 Å². The van der Waals surface area contributed by atoms with Gasteiger partial charge in [0, 0.05) is 0 Å². The first-order chi connectivity index (χ1) is 11.2. The van der Waals surface area contributed by atoms with Gasteiger partial charge in [-0.25, -0.2) is 0 Å². The highest BCUT2D eigenvalue weighted by Gasteiger charge is 2.55. The van der Waals surface area contributed by atoms with E-state index in [1.165, 1.54) is 24.3 Å². The number of rotatable bonds is 5. The minimum atomic E-state index is -4.91. The van der Waals surface area contributed by atoms with Crippen molar-refractivity contribution < 1.29 is 23.1 Å². The Morgan fingerprint density at radius 1 is 1.08 bits per heavy atom. The lowest BCUT2D eigenvalue weighted by atomic mass is 9.93. The van der Waals surface area contributed by atoms with Crippen molar-refractivity contribution >= 4 is 5.91 Å². The zero-order chi connectivity index (χ0) is 17.8. The van der Waals surface area contributed by atoms with E-state index >= 15 is 0 Å². The number of alkyl halides is 3. The molecule has 128 valence electrons. The Hall–Kier alpha value is -2.34. The molecule has 0 radical (unpaired) electrons. The van der Waals surface area contributed by atoms with Gasteiger partial charge < -0.3 is 10.4 Å². The van der Waals surface area contributed by atoms with Crippen LogP contribution in [0.4, 0.5) is 13.2 Å². The summed E-state index contributed by atoms with van der Waals surface area (Å²) in [5.74, 6) is -0.584. The summed E-state index contributed by atoms with van der Waals surface area (Å²) in [5, 5.41) is 12.3. The Bertz CT molecular complexity index is 701. The molecular weight excluding hydrogens is 319 g/mol. The van der Waals surface area contributed by atoms with Crippen LogP contribution in [-0.4, -0.2) is 23.7 Å². The maximum atomic E-state index is 13.3. The normalized spacial score (nSPS) is 14.0. The highest BCUT2D eigenvalue weighted by molar-refractivity contribution is 5.78. The van der Waals surface area contributed by atoms with Gasteiger partial charge in [0.05, 0.1) is 13.0 Å². The summed E-state index contributed by atoms with van der Waals surface area (Å²) in [6.45, 7) is 0.921. The fourth-order valence-corrected chi connectivity index (χ4v) is 2.38. The second kappa shape index (κ2) is 7.05. The molecule has 0 unspecified atom stereocenters. The van der Waals surface area contributed by atoms with Crippen LogP contribution in [-0.2, 0) is 16.8 Å². The molecular formula is C18H18F3NO2. The molecule has 6 heteroatoms. The summed E-state index contributed by atoms with van der Waals surface area (Å²) in [7, 11) is 0. The average Bonchev–Trinajstić information content (AvgIpc) is 2.52. The molecule has 0 bridgehead atoms. The fraction of sp³-hybridized carbons (Fsp3) is 0.278. The predicted octanol–water partition coefficient (Wildman–Crippen LogP) is 3.10. The van der Waals surface area contributed by atoms with E-state index in [-0.39, 0.29) is 12.0 Å². The number of benzene rings is 2. The SMILES string of the molecule is Cc1cccc(CC(=O)NC[C@@](O)(c2ccccc2)C(F)(F)F)c1. The number of halogens is 3. The first-order valence-electron chi connectivity index (χ1n) is 7.39. The molecule has 3 nitrogen and oxygen atoms in total. The smallest absolute Gasteiger partial charge is 0.375 e. The number of amides is 1. The van der Waals surface area contributed by atoms with Crippen molar-refractivity contribution in [2.24, 2.45) is 0 Å². The second-order valence-electron chi connectivity index (χ2n) is 5.67. The molecule has 1 atom stereocenters. The summed E-state index contributed by atoms with van der Waals surface area (Å²) in [6.07, 6.45) is -4.96. The van der Waals surface area contributed by atoms with Gasteiger partial charge >= 0.3 is 6.18 Å². The Kier molecular flexibility index (Phi) is 5.29. The van der Waals surface area contributed by atoms with Gasteiger partial charge in [0.2, 0.25) is 11.5 Å². The van der Waals surface area contributed by atoms with Crippen LogP contribution in [0.2, 0.25) is 0 Å². The van der Waals surface area contributed by atoms with E-state index in [2.05, 4.69) is 5.32 Å². The highest BCUT2D eigenvalue weighted by atomic mass is 19.4. The molecule has 2 rings (SSSR count). The monoisotopic (exact) mass is 337 g/mol. The summed E-state index contributed by atoms with van der Waals surface area (Å²) in [4.78, 5) is 11.9. The maximum absolute atomic E-state index is 13.3. The van der Waals surface area contributed by atoms with Crippen LogP contribution in [0, 0.1) is 6.92 Å². The van der Waals surface area contributed by atoms with Gasteiger partial charge in [0.15, 0.2) is 0 Å². The standard InChI is InChI=1S/C18H18F3NO2/c1-13-6-5-7-14(10-13)11-16(23)22-12-17(24,18(19,20)21)15-8-3-2-4-9-15/h2-10,24H,11-12H2,1H3,(H,22,23)/t17-/m1/s1. The average molecular weight is 337 g/mol. The molecule has 2 N–H and O–H groups in total. The Balaban J connectivity index is 2.10. The zero-order valence-corrected chi connectivity index (χ0v) is 13.1. The number of aryl methyl sites for hydroxylation is 1. The topological polar surface area (TPSA) is 49.3 Å². The number of hydrogen-bond donors (Lipinski definition) is 2. The summed E-state index contributed by atoms with van der Waals surface area (Å²) < 4.78 is 40.0. The third-order valence-electron chi connectivity index (χ3n) is 3.71. The minimum Gasteiger partial charge on any atom is -0.375 e. The van der Waals surface area contributed by atoms with E-state index in [1.807, 2.05) is 13.0 Å². The lowest BCUT2D eigenvalue weighted by molar-refractivity contribution is -0.264. The molecule has 0 aromatic heterocycles. The molecule has 0 fully saturated rings. The highest BCUT2D eigenvalue weighted by Crippen LogP contribution is 2.38. The van der Waals surface area contributed by atoms with Crippen LogP contribution >= 0.6 is 0 Å². The van der Waals surface area contributed by atoms with Crippen LogP contribution in [0.1, 0.15) is 16.7 Å². The zero-order valence-electron chi connectivity index (χ0n) is 13.1. The van der Waals surface area contributed by atoms with Crippen molar-refractivity contribution in [3.8, 4) is 0 Å². The van der Waals surface area contributed by atoms with Gasteiger partial charge in [-0.2, -0.15) is 13.2 Å². The van der Waals surface area contributed by atoms with Crippen molar-refractivity contribution in [2.75, 3.05) is 6.54 Å². The van der Waals surface area contributed by atoms with Crippen molar-refractivity contribution in [1.82, 2.24) is 5.32 Å². The molecule has 2 aromatic carbocycles. The third-order valence-corrected chi connectivity index (χ3v) is 3.71. The second-order valence-corrected chi connectivity index (χ2v) is 5.67. The lowest BCUT2D eigenvalue weighted by Gasteiger charge is -2.31. The molecule has 24 heavy (non-hydrogen) atoms. The molecule has 0 aliphatic carbocycles. The molecule has 0 heterocycles. The largest absolute Gasteiger partial charge is 0.423 e. The van der Waals surface area contributed by atoms with E-state index in [0.717, 1.165) is 5.56 Å². The molecule has 0 aliphatic rings. The van der Waals surface area contributed by atoms with Crippen LogP contribution in [0.3, 0.4) is 0 Å². The Labute approximate surface area is 138 Å². The first-order valence-corrected chi connectivity index (χ1v) is 7.39. The number of carbonyl (C=O) groups excluding carboxylic acids is 1. The van der Waals surface area contributed by atoms with Crippen molar-refractivity contribution in [3.63, 3.8) is 0 Å². The predicted molar refractivity (Wildman–Crippen MR) is 84.3 cm³/mol. The maximum Gasteiger partial charge on any atom is 0.423 e. The van der Waals surface area contributed by atoms with Gasteiger partial charge in [-0.15, -0.1) is 0 Å². The van der Waals surface area contributed by atoms with Crippen molar-refractivity contribution in [1.29, 1.82) is 0 Å². The number of nitrogens with one attached hydrogen (secondary N) is 1. The third kappa shape index (κ3) is 4.14. The van der Waals surface area contributed by atoms with Crippen LogP contribution in [0.25, 0.3) is 0 Å². The molecule has 0 saturated carbocycles. The van der Waals surface area contributed by atoms with Gasteiger partial charge in [-0.3, -0.25) is 4.79 Å². The number of hydrogen-bond acceptors (Lipinski definition) is 2. The first kappa shape index (κ1) is 18.0. The summed E-state index contributed by atoms with van der Waals surface area (Å²) in [5.41, 5.74) is -1.79. The molecule has 2 aromatic rings. The van der Waals surface area contributed by atoms with Gasteiger partial charge in [-0.05, 0) is 18.1 Å². The van der Waals surface area contributed by atoms with Crippen molar-refractivity contribution in [3.05, 3.63) is 71.3 Å². The van der Waals surface area contributed by atoms with Crippen molar-refractivity contribution in [2.45, 2.75) is 25.1 Å². The van der Waals surface area contributed by atoms with E-state index < -0.39 is 24.2 Å². The van der Waals surface area contributed by atoms with E-state index in [0.29, 0.717) is 5.56 Å². The van der Waals surface area contributed by atoms with Gasteiger partial charge in [0.25, 0.3) is 0 Å². The quantitative estimate of drug-likeness (QED) is 0.881. The Morgan fingerprint density at radius 3 is 2.33 bits per heavy atom. The molecule has 1 amide bonds. The summed E-state index contributed by atoms with van der Waals surface area (Å²) >= 11 is 0. The van der Waals surface area contributed by atoms with Gasteiger partial charge in [0.1, 0.15) is 0 Å². The van der Waals surface area contributed by atoms with E-state index in [1.54, 1.807) is 24.3 Å². The lowest BCUT2D eigenvalue weighted by Crippen LogP contribution is -2.51. The fourth-order valence-electron chi connectivity index (χ4n) is 2.38. The van der Waals surface area contributed by atoms with Crippen LogP contribution < -0.4 is 5.32 Å². The molecule has 0 aliphatic heterocycles. The van der Waals surface area contributed by atoms with Crippen LogP contribution in [0.15, 0.2) is 54.6 Å².